The standard InChI is InChI=1S/C15H15BrO2S/c1-18-12-3-2-10-4-6-15(17,9-11(10)8-12)14-13(16)5-7-19-14/h2-3,5,7-8,17H,4,6,9H2,1H3. The van der Waals surface area contributed by atoms with E-state index in [1.807, 2.05) is 23.6 Å². The van der Waals surface area contributed by atoms with Crippen LogP contribution in [0.25, 0.3) is 0 Å². The van der Waals surface area contributed by atoms with E-state index in [0.717, 1.165) is 27.9 Å². The number of methoxy groups -OCH3 is 1. The molecule has 4 heteroatoms. The number of thiophene rings is 1. The van der Waals surface area contributed by atoms with Crippen LogP contribution < -0.4 is 4.74 Å². The van der Waals surface area contributed by atoms with Gasteiger partial charge in [0.1, 0.15) is 11.4 Å². The molecule has 0 fully saturated rings. The SMILES string of the molecule is COc1ccc2c(c1)CC(O)(c1sccc1Br)CC2. The summed E-state index contributed by atoms with van der Waals surface area (Å²) in [6.45, 7) is 0. The summed E-state index contributed by atoms with van der Waals surface area (Å²) in [5.41, 5.74) is 1.75. The molecule has 3 rings (SSSR count). The summed E-state index contributed by atoms with van der Waals surface area (Å²) in [7, 11) is 1.67. The number of hydrogen-bond donors (Lipinski definition) is 1. The van der Waals surface area contributed by atoms with Crippen LogP contribution in [0.5, 0.6) is 5.75 Å². The summed E-state index contributed by atoms with van der Waals surface area (Å²) >= 11 is 5.14. The third kappa shape index (κ3) is 2.33. The summed E-state index contributed by atoms with van der Waals surface area (Å²) in [6, 6.07) is 8.14. The predicted octanol–water partition coefficient (Wildman–Crippen LogP) is 3.90. The predicted molar refractivity (Wildman–Crippen MR) is 80.9 cm³/mol. The van der Waals surface area contributed by atoms with Crippen molar-refractivity contribution in [2.24, 2.45) is 0 Å². The van der Waals surface area contributed by atoms with Gasteiger partial charge in [0.05, 0.1) is 12.0 Å². The number of benzene rings is 1. The lowest BCUT2D eigenvalue weighted by Gasteiger charge is -2.33. The Bertz CT molecular complexity index is 608. The molecule has 1 heterocycles. The van der Waals surface area contributed by atoms with Crippen molar-refractivity contribution < 1.29 is 9.84 Å². The largest absolute Gasteiger partial charge is 0.497 e. The second-order valence-corrected chi connectivity index (χ2v) is 6.71. The van der Waals surface area contributed by atoms with Gasteiger partial charge in [-0.15, -0.1) is 11.3 Å². The lowest BCUT2D eigenvalue weighted by Crippen LogP contribution is -2.32. The summed E-state index contributed by atoms with van der Waals surface area (Å²) < 4.78 is 6.28. The van der Waals surface area contributed by atoms with Crippen LogP contribution in [0.15, 0.2) is 34.1 Å². The van der Waals surface area contributed by atoms with Crippen LogP contribution in [0, 0.1) is 0 Å². The van der Waals surface area contributed by atoms with Gasteiger partial charge in [0.15, 0.2) is 0 Å². The quantitative estimate of drug-likeness (QED) is 0.899. The van der Waals surface area contributed by atoms with Crippen molar-refractivity contribution in [1.82, 2.24) is 0 Å². The molecule has 2 aromatic rings. The summed E-state index contributed by atoms with van der Waals surface area (Å²) in [5.74, 6) is 0.855. The highest BCUT2D eigenvalue weighted by atomic mass is 79.9. The molecular weight excluding hydrogens is 324 g/mol. The maximum atomic E-state index is 11.0. The van der Waals surface area contributed by atoms with Crippen molar-refractivity contribution in [3.63, 3.8) is 0 Å². The highest BCUT2D eigenvalue weighted by Crippen LogP contribution is 2.42. The Hall–Kier alpha value is -0.840. The Morgan fingerprint density at radius 1 is 1.32 bits per heavy atom. The van der Waals surface area contributed by atoms with Gasteiger partial charge in [-0.1, -0.05) is 6.07 Å². The zero-order valence-electron chi connectivity index (χ0n) is 10.6. The minimum absolute atomic E-state index is 0.651. The molecule has 1 aromatic heterocycles. The Morgan fingerprint density at radius 3 is 2.84 bits per heavy atom. The molecule has 1 aromatic carbocycles. The monoisotopic (exact) mass is 338 g/mol. The van der Waals surface area contributed by atoms with Gasteiger partial charge < -0.3 is 9.84 Å². The van der Waals surface area contributed by atoms with E-state index in [0.29, 0.717) is 6.42 Å². The van der Waals surface area contributed by atoms with E-state index in [2.05, 4.69) is 22.0 Å². The Kier molecular flexibility index (Phi) is 3.41. The van der Waals surface area contributed by atoms with Gasteiger partial charge in [-0.05, 0) is 63.5 Å². The number of aliphatic hydroxyl groups is 1. The van der Waals surface area contributed by atoms with E-state index in [4.69, 9.17) is 4.74 Å². The number of hydrogen-bond acceptors (Lipinski definition) is 3. The van der Waals surface area contributed by atoms with Crippen LogP contribution in [-0.2, 0) is 18.4 Å². The molecule has 0 saturated heterocycles. The van der Waals surface area contributed by atoms with Crippen LogP contribution in [0.4, 0.5) is 0 Å². The van der Waals surface area contributed by atoms with E-state index in [9.17, 15) is 5.11 Å². The molecule has 2 nitrogen and oxygen atoms in total. The van der Waals surface area contributed by atoms with Gasteiger partial charge in [0.25, 0.3) is 0 Å². The van der Waals surface area contributed by atoms with Crippen molar-refractivity contribution in [3.8, 4) is 5.75 Å². The van der Waals surface area contributed by atoms with Crippen molar-refractivity contribution in [1.29, 1.82) is 0 Å². The van der Waals surface area contributed by atoms with Crippen LogP contribution >= 0.6 is 27.3 Å². The Morgan fingerprint density at radius 2 is 2.16 bits per heavy atom. The van der Waals surface area contributed by atoms with Crippen LogP contribution in [0.2, 0.25) is 0 Å². The third-order valence-corrected chi connectivity index (χ3v) is 5.78. The van der Waals surface area contributed by atoms with Gasteiger partial charge >= 0.3 is 0 Å². The van der Waals surface area contributed by atoms with Gasteiger partial charge in [-0.2, -0.15) is 0 Å². The molecule has 0 spiro atoms. The number of fused-ring (bicyclic) bond motifs is 1. The minimum Gasteiger partial charge on any atom is -0.497 e. The second-order valence-electron chi connectivity index (χ2n) is 4.94. The fourth-order valence-corrected chi connectivity index (χ4v) is 4.57. The number of rotatable bonds is 2. The first-order valence-electron chi connectivity index (χ1n) is 6.24. The average Bonchev–Trinajstić information content (AvgIpc) is 2.85. The Balaban J connectivity index is 1.99. The van der Waals surface area contributed by atoms with E-state index >= 15 is 0 Å². The molecule has 1 atom stereocenters. The summed E-state index contributed by atoms with van der Waals surface area (Å²) in [5, 5.41) is 13.0. The molecule has 0 bridgehead atoms. The zero-order valence-corrected chi connectivity index (χ0v) is 13.1. The first-order valence-corrected chi connectivity index (χ1v) is 7.91. The minimum atomic E-state index is -0.758. The molecular formula is C15H15BrO2S. The van der Waals surface area contributed by atoms with Gasteiger partial charge in [-0.3, -0.25) is 0 Å². The highest BCUT2D eigenvalue weighted by Gasteiger charge is 2.36. The van der Waals surface area contributed by atoms with Gasteiger partial charge in [0, 0.05) is 10.9 Å². The molecule has 100 valence electrons. The molecule has 1 aliphatic rings. The lowest BCUT2D eigenvalue weighted by atomic mass is 9.79. The maximum Gasteiger partial charge on any atom is 0.119 e. The maximum absolute atomic E-state index is 11.0. The van der Waals surface area contributed by atoms with Crippen molar-refractivity contribution in [2.45, 2.75) is 24.9 Å². The molecule has 0 amide bonds. The summed E-state index contributed by atoms with van der Waals surface area (Å²) in [4.78, 5) is 1.03. The molecule has 1 unspecified atom stereocenters. The normalized spacial score (nSPS) is 22.1. The first-order chi connectivity index (χ1) is 9.12. The van der Waals surface area contributed by atoms with Gasteiger partial charge in [0.2, 0.25) is 0 Å². The molecule has 0 aliphatic heterocycles. The van der Waals surface area contributed by atoms with E-state index < -0.39 is 5.60 Å². The molecule has 0 saturated carbocycles. The fraction of sp³-hybridized carbons (Fsp3) is 0.333. The van der Waals surface area contributed by atoms with Crippen LogP contribution in [-0.4, -0.2) is 12.2 Å². The van der Waals surface area contributed by atoms with Gasteiger partial charge in [-0.25, -0.2) is 0 Å². The number of aryl methyl sites for hydroxylation is 1. The van der Waals surface area contributed by atoms with E-state index in [1.54, 1.807) is 18.4 Å². The average molecular weight is 339 g/mol. The topological polar surface area (TPSA) is 29.5 Å². The van der Waals surface area contributed by atoms with E-state index in [-0.39, 0.29) is 0 Å². The number of ether oxygens (including phenoxy) is 1. The van der Waals surface area contributed by atoms with Crippen molar-refractivity contribution >= 4 is 27.3 Å². The van der Waals surface area contributed by atoms with Crippen molar-refractivity contribution in [2.75, 3.05) is 7.11 Å². The molecule has 19 heavy (non-hydrogen) atoms. The first kappa shape index (κ1) is 13.2. The highest BCUT2D eigenvalue weighted by molar-refractivity contribution is 9.10. The Labute approximate surface area is 125 Å². The van der Waals surface area contributed by atoms with E-state index in [1.165, 1.54) is 11.1 Å². The van der Waals surface area contributed by atoms with Crippen LogP contribution in [0.1, 0.15) is 22.4 Å². The third-order valence-electron chi connectivity index (χ3n) is 3.74. The van der Waals surface area contributed by atoms with Crippen LogP contribution in [0.3, 0.4) is 0 Å². The summed E-state index contributed by atoms with van der Waals surface area (Å²) in [6.07, 6.45) is 2.32. The van der Waals surface area contributed by atoms with Crippen molar-refractivity contribution in [3.05, 3.63) is 50.1 Å². The molecule has 0 radical (unpaired) electrons. The zero-order chi connectivity index (χ0) is 13.5. The molecule has 1 N–H and O–H groups in total. The number of halogens is 1. The smallest absolute Gasteiger partial charge is 0.119 e. The lowest BCUT2D eigenvalue weighted by molar-refractivity contribution is 0.0252. The molecule has 1 aliphatic carbocycles. The second kappa shape index (κ2) is 4.93. The fourth-order valence-electron chi connectivity index (χ4n) is 2.70.